The lowest BCUT2D eigenvalue weighted by Crippen LogP contribution is -1.89. The molecule has 1 aliphatic heterocycles. The molecular weight excluding hydrogens is 176 g/mol. The first kappa shape index (κ1) is 12.0. The minimum absolute atomic E-state index is 0.636. The Morgan fingerprint density at radius 3 is 2.14 bits per heavy atom. The Morgan fingerprint density at radius 1 is 1.00 bits per heavy atom. The predicted molar refractivity (Wildman–Crippen MR) is 58.6 cm³/mol. The highest BCUT2D eigenvalue weighted by atomic mass is 16.6. The summed E-state index contributed by atoms with van der Waals surface area (Å²) in [5.74, 6) is 0. The Morgan fingerprint density at radius 2 is 1.57 bits per heavy atom. The summed E-state index contributed by atoms with van der Waals surface area (Å²) in [6, 6.07) is 0. The zero-order valence-corrected chi connectivity index (χ0v) is 9.46. The first-order valence-electron chi connectivity index (χ1n) is 6.04. The van der Waals surface area contributed by atoms with Crippen LogP contribution in [-0.2, 0) is 9.47 Å². The molecule has 0 radical (unpaired) electrons. The first-order chi connectivity index (χ1) is 6.93. The van der Waals surface area contributed by atoms with Crippen molar-refractivity contribution in [3.8, 4) is 0 Å². The molecule has 1 heterocycles. The van der Waals surface area contributed by atoms with E-state index in [1.54, 1.807) is 7.11 Å². The van der Waals surface area contributed by atoms with E-state index in [4.69, 9.17) is 9.47 Å². The van der Waals surface area contributed by atoms with Gasteiger partial charge in [0.05, 0.1) is 12.7 Å². The van der Waals surface area contributed by atoms with Crippen LogP contribution in [0.2, 0.25) is 0 Å². The smallest absolute Gasteiger partial charge is 0.0810 e. The van der Waals surface area contributed by atoms with Gasteiger partial charge in [0.25, 0.3) is 0 Å². The van der Waals surface area contributed by atoms with Gasteiger partial charge in [-0.15, -0.1) is 0 Å². The van der Waals surface area contributed by atoms with Crippen molar-refractivity contribution in [2.75, 3.05) is 20.3 Å². The van der Waals surface area contributed by atoms with Gasteiger partial charge in [-0.3, -0.25) is 0 Å². The molecule has 1 unspecified atom stereocenters. The number of rotatable bonds is 10. The molecule has 0 amide bonds. The normalized spacial score (nSPS) is 19.9. The second kappa shape index (κ2) is 8.25. The van der Waals surface area contributed by atoms with Crippen molar-refractivity contribution in [1.29, 1.82) is 0 Å². The summed E-state index contributed by atoms with van der Waals surface area (Å²) >= 11 is 0. The second-order valence-electron chi connectivity index (χ2n) is 4.21. The summed E-state index contributed by atoms with van der Waals surface area (Å²) in [5, 5.41) is 0. The van der Waals surface area contributed by atoms with Gasteiger partial charge in [-0.05, 0) is 12.8 Å². The Kier molecular flexibility index (Phi) is 7.06. The summed E-state index contributed by atoms with van der Waals surface area (Å²) in [4.78, 5) is 0. The van der Waals surface area contributed by atoms with E-state index in [1.807, 2.05) is 0 Å². The third kappa shape index (κ3) is 7.34. The molecule has 84 valence electrons. The van der Waals surface area contributed by atoms with E-state index in [2.05, 4.69) is 0 Å². The van der Waals surface area contributed by atoms with Gasteiger partial charge in [0.1, 0.15) is 0 Å². The predicted octanol–water partition coefficient (Wildman–Crippen LogP) is 3.15. The molecule has 0 aromatic carbocycles. The maximum atomic E-state index is 5.17. The summed E-state index contributed by atoms with van der Waals surface area (Å²) in [6.45, 7) is 1.95. The summed E-state index contributed by atoms with van der Waals surface area (Å²) in [6.07, 6.45) is 11.4. The standard InChI is InChI=1S/C12H24O2/c1-13-10-8-6-4-2-3-5-7-9-12-11-14-12/h12H,2-11H2,1H3. The molecule has 14 heavy (non-hydrogen) atoms. The zero-order valence-electron chi connectivity index (χ0n) is 9.46. The molecule has 0 aliphatic carbocycles. The molecule has 1 saturated heterocycles. The summed E-state index contributed by atoms with van der Waals surface area (Å²) in [5.41, 5.74) is 0. The third-order valence-electron chi connectivity index (χ3n) is 2.78. The minimum atomic E-state index is 0.636. The number of ether oxygens (including phenoxy) is 2. The molecule has 1 aliphatic rings. The maximum absolute atomic E-state index is 5.17. The van der Waals surface area contributed by atoms with E-state index in [1.165, 1.54) is 51.4 Å². The highest BCUT2D eigenvalue weighted by Gasteiger charge is 2.20. The van der Waals surface area contributed by atoms with Crippen LogP contribution in [0.25, 0.3) is 0 Å². The third-order valence-corrected chi connectivity index (χ3v) is 2.78. The molecule has 0 N–H and O–H groups in total. The lowest BCUT2D eigenvalue weighted by atomic mass is 10.1. The molecule has 1 rings (SSSR count). The van der Waals surface area contributed by atoms with Crippen LogP contribution in [0.4, 0.5) is 0 Å². The number of hydrogen-bond donors (Lipinski definition) is 0. The molecule has 1 atom stereocenters. The van der Waals surface area contributed by atoms with Gasteiger partial charge < -0.3 is 9.47 Å². The van der Waals surface area contributed by atoms with Crippen molar-refractivity contribution in [2.24, 2.45) is 0 Å². The van der Waals surface area contributed by atoms with Crippen LogP contribution < -0.4 is 0 Å². The molecule has 0 spiro atoms. The van der Waals surface area contributed by atoms with Crippen LogP contribution in [0.15, 0.2) is 0 Å². The Hall–Kier alpha value is -0.0800. The van der Waals surface area contributed by atoms with E-state index >= 15 is 0 Å². The van der Waals surface area contributed by atoms with Gasteiger partial charge >= 0.3 is 0 Å². The second-order valence-corrected chi connectivity index (χ2v) is 4.21. The van der Waals surface area contributed by atoms with Crippen LogP contribution in [0, 0.1) is 0 Å². The van der Waals surface area contributed by atoms with E-state index < -0.39 is 0 Å². The molecule has 0 aromatic rings. The van der Waals surface area contributed by atoms with Gasteiger partial charge in [-0.25, -0.2) is 0 Å². The fourth-order valence-electron chi connectivity index (χ4n) is 1.74. The largest absolute Gasteiger partial charge is 0.385 e. The lowest BCUT2D eigenvalue weighted by molar-refractivity contribution is 0.192. The van der Waals surface area contributed by atoms with Crippen LogP contribution in [0.5, 0.6) is 0 Å². The highest BCUT2D eigenvalue weighted by molar-refractivity contribution is 4.68. The van der Waals surface area contributed by atoms with Crippen molar-refractivity contribution in [2.45, 2.75) is 57.5 Å². The molecule has 1 fully saturated rings. The number of epoxide rings is 1. The van der Waals surface area contributed by atoms with Gasteiger partial charge in [-0.2, -0.15) is 0 Å². The van der Waals surface area contributed by atoms with Crippen molar-refractivity contribution >= 4 is 0 Å². The van der Waals surface area contributed by atoms with Gasteiger partial charge in [-0.1, -0.05) is 38.5 Å². The average Bonchev–Trinajstić information content (AvgIpc) is 2.99. The highest BCUT2D eigenvalue weighted by Crippen LogP contribution is 2.18. The maximum Gasteiger partial charge on any atom is 0.0810 e. The number of methoxy groups -OCH3 is 1. The van der Waals surface area contributed by atoms with Crippen molar-refractivity contribution < 1.29 is 9.47 Å². The molecule has 0 bridgehead atoms. The Bertz CT molecular complexity index is 121. The Balaban J connectivity index is 1.63. The van der Waals surface area contributed by atoms with Crippen molar-refractivity contribution in [3.63, 3.8) is 0 Å². The fourth-order valence-corrected chi connectivity index (χ4v) is 1.74. The van der Waals surface area contributed by atoms with E-state index in [-0.39, 0.29) is 0 Å². The zero-order chi connectivity index (χ0) is 10.1. The van der Waals surface area contributed by atoms with Crippen molar-refractivity contribution in [1.82, 2.24) is 0 Å². The molecule has 0 saturated carbocycles. The van der Waals surface area contributed by atoms with E-state index in [0.29, 0.717) is 6.10 Å². The van der Waals surface area contributed by atoms with Gasteiger partial charge in [0.15, 0.2) is 0 Å². The number of unbranched alkanes of at least 4 members (excludes halogenated alkanes) is 6. The molecule has 2 heteroatoms. The van der Waals surface area contributed by atoms with Crippen LogP contribution in [-0.4, -0.2) is 26.4 Å². The lowest BCUT2D eigenvalue weighted by Gasteiger charge is -2.01. The Labute approximate surface area is 88.0 Å². The topological polar surface area (TPSA) is 21.8 Å². The first-order valence-corrected chi connectivity index (χ1v) is 6.04. The SMILES string of the molecule is COCCCCCCCCCC1CO1. The van der Waals surface area contributed by atoms with Crippen LogP contribution in [0.3, 0.4) is 0 Å². The van der Waals surface area contributed by atoms with Gasteiger partial charge in [0, 0.05) is 13.7 Å². The van der Waals surface area contributed by atoms with Crippen LogP contribution in [0.1, 0.15) is 51.4 Å². The molecular formula is C12H24O2. The van der Waals surface area contributed by atoms with Gasteiger partial charge in [0.2, 0.25) is 0 Å². The fraction of sp³-hybridized carbons (Fsp3) is 1.00. The quantitative estimate of drug-likeness (QED) is 0.399. The van der Waals surface area contributed by atoms with E-state index in [9.17, 15) is 0 Å². The number of hydrogen-bond acceptors (Lipinski definition) is 2. The molecule has 0 aromatic heterocycles. The van der Waals surface area contributed by atoms with Crippen molar-refractivity contribution in [3.05, 3.63) is 0 Å². The van der Waals surface area contributed by atoms with Crippen LogP contribution >= 0.6 is 0 Å². The minimum Gasteiger partial charge on any atom is -0.385 e. The molecule has 2 nitrogen and oxygen atoms in total. The monoisotopic (exact) mass is 200 g/mol. The average molecular weight is 200 g/mol. The summed E-state index contributed by atoms with van der Waals surface area (Å²) < 4.78 is 10.2. The van der Waals surface area contributed by atoms with E-state index in [0.717, 1.165) is 13.2 Å². The summed E-state index contributed by atoms with van der Waals surface area (Å²) in [7, 11) is 1.78.